The third-order valence-electron chi connectivity index (χ3n) is 5.60. The Hall–Kier alpha value is -0.530. The predicted molar refractivity (Wildman–Crippen MR) is 105 cm³/mol. The van der Waals surface area contributed by atoms with E-state index in [0.717, 1.165) is 19.5 Å². The van der Waals surface area contributed by atoms with E-state index >= 15 is 0 Å². The normalized spacial score (nSPS) is 18.8. The average molecular weight is 338 g/mol. The molecular weight excluding hydrogens is 294 g/mol. The summed E-state index contributed by atoms with van der Waals surface area (Å²) in [4.78, 5) is 14.7. The molecule has 1 heterocycles. The number of rotatable bonds is 14. The fourth-order valence-corrected chi connectivity index (χ4v) is 3.95. The van der Waals surface area contributed by atoms with E-state index in [1.807, 2.05) is 0 Å². The molecule has 24 heavy (non-hydrogen) atoms. The van der Waals surface area contributed by atoms with Crippen molar-refractivity contribution in [2.45, 2.75) is 117 Å². The van der Waals surface area contributed by atoms with Crippen LogP contribution in [0.4, 0.5) is 0 Å². The Balaban J connectivity index is 2.11. The first-order valence-electron chi connectivity index (χ1n) is 11.1. The van der Waals surface area contributed by atoms with Crippen molar-refractivity contribution in [3.8, 4) is 0 Å². The number of likely N-dealkylation sites (tertiary alicyclic amines) is 1. The summed E-state index contributed by atoms with van der Waals surface area (Å²) in [6, 6.07) is 0. The molecule has 0 aliphatic carbocycles. The van der Waals surface area contributed by atoms with Crippen molar-refractivity contribution in [1.29, 1.82) is 0 Å². The molecule has 2 heteroatoms. The lowest BCUT2D eigenvalue weighted by Gasteiger charge is -2.20. The van der Waals surface area contributed by atoms with Crippen LogP contribution in [0.1, 0.15) is 117 Å². The van der Waals surface area contributed by atoms with E-state index in [0.29, 0.717) is 11.8 Å². The molecule has 1 amide bonds. The molecule has 0 aromatic rings. The summed E-state index contributed by atoms with van der Waals surface area (Å²) < 4.78 is 0. The summed E-state index contributed by atoms with van der Waals surface area (Å²) in [5.41, 5.74) is 0. The second-order valence-corrected chi connectivity index (χ2v) is 7.92. The number of unbranched alkanes of at least 4 members (excludes halogenated alkanes) is 10. The van der Waals surface area contributed by atoms with Gasteiger partial charge in [-0.05, 0) is 31.6 Å². The summed E-state index contributed by atoms with van der Waals surface area (Å²) in [6.45, 7) is 6.56. The zero-order valence-corrected chi connectivity index (χ0v) is 16.7. The van der Waals surface area contributed by atoms with E-state index < -0.39 is 0 Å². The van der Waals surface area contributed by atoms with Crippen molar-refractivity contribution in [3.63, 3.8) is 0 Å². The highest BCUT2D eigenvalue weighted by Crippen LogP contribution is 2.24. The van der Waals surface area contributed by atoms with Gasteiger partial charge in [-0.3, -0.25) is 4.79 Å². The molecule has 0 saturated carbocycles. The van der Waals surface area contributed by atoms with Crippen LogP contribution in [0.25, 0.3) is 0 Å². The molecule has 0 aromatic heterocycles. The van der Waals surface area contributed by atoms with E-state index in [9.17, 15) is 4.79 Å². The first kappa shape index (κ1) is 21.5. The van der Waals surface area contributed by atoms with Gasteiger partial charge in [-0.15, -0.1) is 0 Å². The van der Waals surface area contributed by atoms with Crippen LogP contribution in [-0.4, -0.2) is 23.9 Å². The molecule has 1 fully saturated rings. The van der Waals surface area contributed by atoms with Gasteiger partial charge < -0.3 is 4.90 Å². The number of carbonyl (C=O) groups excluding carboxylic acids is 1. The van der Waals surface area contributed by atoms with Crippen molar-refractivity contribution in [2.24, 2.45) is 5.92 Å². The first-order valence-corrected chi connectivity index (χ1v) is 11.1. The van der Waals surface area contributed by atoms with Gasteiger partial charge in [-0.1, -0.05) is 84.5 Å². The van der Waals surface area contributed by atoms with Gasteiger partial charge in [-0.2, -0.15) is 0 Å². The molecule has 0 N–H and O–H groups in total. The van der Waals surface area contributed by atoms with Gasteiger partial charge in [0.05, 0.1) is 0 Å². The largest absolute Gasteiger partial charge is 0.343 e. The molecule has 2 nitrogen and oxygen atoms in total. The molecule has 0 radical (unpaired) electrons. The van der Waals surface area contributed by atoms with Crippen LogP contribution in [0.15, 0.2) is 0 Å². The number of carbonyl (C=O) groups is 1. The zero-order chi connectivity index (χ0) is 17.5. The molecule has 0 spiro atoms. The summed E-state index contributed by atoms with van der Waals surface area (Å²) in [7, 11) is 0. The fourth-order valence-electron chi connectivity index (χ4n) is 3.95. The molecule has 1 atom stereocenters. The lowest BCUT2D eigenvalue weighted by atomic mass is 9.93. The molecule has 1 rings (SSSR count). The van der Waals surface area contributed by atoms with Crippen molar-refractivity contribution in [1.82, 2.24) is 4.90 Å². The number of amides is 1. The smallest absolute Gasteiger partial charge is 0.222 e. The maximum Gasteiger partial charge on any atom is 0.222 e. The predicted octanol–water partition coefficient (Wildman–Crippen LogP) is 6.73. The van der Waals surface area contributed by atoms with Crippen molar-refractivity contribution in [3.05, 3.63) is 0 Å². The Morgan fingerprint density at radius 1 is 0.833 bits per heavy atom. The standard InChI is InChI=1S/C22H43NO/c1-3-5-7-9-11-13-16-21-17-15-19-23(22(24)20-21)18-14-12-10-8-6-4-2/h21H,3-20H2,1-2H3. The number of hydrogen-bond donors (Lipinski definition) is 0. The Kier molecular flexibility index (Phi) is 13.3. The molecule has 142 valence electrons. The van der Waals surface area contributed by atoms with Gasteiger partial charge in [0.2, 0.25) is 5.91 Å². The van der Waals surface area contributed by atoms with Gasteiger partial charge in [0, 0.05) is 19.5 Å². The third-order valence-corrected chi connectivity index (χ3v) is 5.60. The number of nitrogens with zero attached hydrogens (tertiary/aromatic N) is 1. The van der Waals surface area contributed by atoms with E-state index in [-0.39, 0.29) is 0 Å². The van der Waals surface area contributed by atoms with Crippen molar-refractivity contribution >= 4 is 5.91 Å². The maximum absolute atomic E-state index is 12.5. The topological polar surface area (TPSA) is 20.3 Å². The minimum absolute atomic E-state index is 0.442. The maximum atomic E-state index is 12.5. The minimum Gasteiger partial charge on any atom is -0.343 e. The van der Waals surface area contributed by atoms with E-state index in [1.165, 1.54) is 96.3 Å². The first-order chi connectivity index (χ1) is 11.8. The third kappa shape index (κ3) is 10.4. The minimum atomic E-state index is 0.442. The summed E-state index contributed by atoms with van der Waals surface area (Å²) in [5, 5.41) is 0. The van der Waals surface area contributed by atoms with Crippen LogP contribution in [0.5, 0.6) is 0 Å². The van der Waals surface area contributed by atoms with Crippen molar-refractivity contribution in [2.75, 3.05) is 13.1 Å². The lowest BCUT2D eigenvalue weighted by molar-refractivity contribution is -0.131. The molecular formula is C22H43NO. The second-order valence-electron chi connectivity index (χ2n) is 7.92. The van der Waals surface area contributed by atoms with Crippen LogP contribution in [0.3, 0.4) is 0 Å². The SMILES string of the molecule is CCCCCCCCC1CCCN(CCCCCCCC)C(=O)C1. The molecule has 1 saturated heterocycles. The average Bonchev–Trinajstić information content (AvgIpc) is 2.75. The van der Waals surface area contributed by atoms with Gasteiger partial charge >= 0.3 is 0 Å². The quantitative estimate of drug-likeness (QED) is 0.322. The lowest BCUT2D eigenvalue weighted by Crippen LogP contribution is -2.31. The molecule has 0 bridgehead atoms. The Labute approximate surface area is 151 Å². The Morgan fingerprint density at radius 2 is 1.42 bits per heavy atom. The Morgan fingerprint density at radius 3 is 2.08 bits per heavy atom. The summed E-state index contributed by atoms with van der Waals surface area (Å²) in [5.74, 6) is 1.11. The van der Waals surface area contributed by atoms with Gasteiger partial charge in [0.15, 0.2) is 0 Å². The highest BCUT2D eigenvalue weighted by Gasteiger charge is 2.22. The molecule has 1 aliphatic heterocycles. The Bertz CT molecular complexity index is 302. The van der Waals surface area contributed by atoms with Gasteiger partial charge in [-0.25, -0.2) is 0 Å². The van der Waals surface area contributed by atoms with Crippen LogP contribution >= 0.6 is 0 Å². The zero-order valence-electron chi connectivity index (χ0n) is 16.7. The second kappa shape index (κ2) is 14.8. The van der Waals surface area contributed by atoms with E-state index in [1.54, 1.807) is 0 Å². The summed E-state index contributed by atoms with van der Waals surface area (Å²) >= 11 is 0. The van der Waals surface area contributed by atoms with Gasteiger partial charge in [0.25, 0.3) is 0 Å². The molecule has 1 aliphatic rings. The van der Waals surface area contributed by atoms with E-state index in [4.69, 9.17) is 0 Å². The monoisotopic (exact) mass is 337 g/mol. The number of hydrogen-bond acceptors (Lipinski definition) is 1. The van der Waals surface area contributed by atoms with Crippen LogP contribution in [-0.2, 0) is 4.79 Å². The van der Waals surface area contributed by atoms with Crippen LogP contribution in [0.2, 0.25) is 0 Å². The van der Waals surface area contributed by atoms with Gasteiger partial charge in [0.1, 0.15) is 0 Å². The van der Waals surface area contributed by atoms with Crippen molar-refractivity contribution < 1.29 is 4.79 Å². The highest BCUT2D eigenvalue weighted by atomic mass is 16.2. The highest BCUT2D eigenvalue weighted by molar-refractivity contribution is 5.76. The summed E-state index contributed by atoms with van der Waals surface area (Å²) in [6.07, 6.45) is 20.7. The molecule has 1 unspecified atom stereocenters. The molecule has 0 aromatic carbocycles. The van der Waals surface area contributed by atoms with Crippen LogP contribution in [0, 0.1) is 5.92 Å². The van der Waals surface area contributed by atoms with Crippen LogP contribution < -0.4 is 0 Å². The fraction of sp³-hybridized carbons (Fsp3) is 0.955. The van der Waals surface area contributed by atoms with E-state index in [2.05, 4.69) is 18.7 Å².